The third-order valence-electron chi connectivity index (χ3n) is 2.78. The third-order valence-corrected chi connectivity index (χ3v) is 2.78. The summed E-state index contributed by atoms with van der Waals surface area (Å²) in [7, 11) is 1.92. The van der Waals surface area contributed by atoms with Crippen LogP contribution in [-0.4, -0.2) is 47.0 Å². The van der Waals surface area contributed by atoms with Gasteiger partial charge in [-0.1, -0.05) is 19.1 Å². The maximum atomic E-state index is 9.35. The van der Waals surface area contributed by atoms with Crippen molar-refractivity contribution in [3.63, 3.8) is 0 Å². The Morgan fingerprint density at radius 3 is 2.41 bits per heavy atom. The fraction of sp³-hybridized carbons (Fsp3) is 0.538. The second kappa shape index (κ2) is 6.00. The molecule has 1 aromatic rings. The molecule has 0 saturated carbocycles. The summed E-state index contributed by atoms with van der Waals surface area (Å²) in [5.41, 5.74) is 0.511. The summed E-state index contributed by atoms with van der Waals surface area (Å²) in [6, 6.07) is 7.09. The number of aliphatic hydroxyl groups excluding tert-OH is 2. The molecule has 96 valence electrons. The Hall–Kier alpha value is -1.10. The van der Waals surface area contributed by atoms with Gasteiger partial charge in [-0.3, -0.25) is 0 Å². The fourth-order valence-corrected chi connectivity index (χ4v) is 1.82. The lowest BCUT2D eigenvalue weighted by Gasteiger charge is -2.30. The third kappa shape index (κ3) is 4.34. The summed E-state index contributed by atoms with van der Waals surface area (Å²) in [6.07, 6.45) is 0. The van der Waals surface area contributed by atoms with Crippen molar-refractivity contribution in [3.8, 4) is 5.75 Å². The molecule has 0 heterocycles. The van der Waals surface area contributed by atoms with E-state index in [9.17, 15) is 15.3 Å². The lowest BCUT2D eigenvalue weighted by atomic mass is 9.92. The first kappa shape index (κ1) is 14.0. The molecular weight excluding hydrogens is 218 g/mol. The van der Waals surface area contributed by atoms with Crippen molar-refractivity contribution in [1.29, 1.82) is 0 Å². The van der Waals surface area contributed by atoms with Crippen molar-refractivity contribution in [2.75, 3.05) is 26.8 Å². The highest BCUT2D eigenvalue weighted by molar-refractivity contribution is 5.26. The molecule has 0 aromatic heterocycles. The second-order valence-corrected chi connectivity index (χ2v) is 4.97. The van der Waals surface area contributed by atoms with E-state index in [1.807, 2.05) is 24.9 Å². The van der Waals surface area contributed by atoms with Crippen molar-refractivity contribution < 1.29 is 15.3 Å². The van der Waals surface area contributed by atoms with Crippen molar-refractivity contribution in [2.24, 2.45) is 5.41 Å². The Labute approximate surface area is 102 Å². The predicted molar refractivity (Wildman–Crippen MR) is 66.7 cm³/mol. The molecule has 1 aromatic carbocycles. The van der Waals surface area contributed by atoms with Crippen molar-refractivity contribution in [2.45, 2.75) is 13.5 Å². The van der Waals surface area contributed by atoms with E-state index >= 15 is 0 Å². The van der Waals surface area contributed by atoms with E-state index in [1.54, 1.807) is 18.2 Å². The highest BCUT2D eigenvalue weighted by Gasteiger charge is 2.24. The number of phenols is 1. The number of aromatic hydroxyl groups is 1. The first-order valence-electron chi connectivity index (χ1n) is 5.67. The lowest BCUT2D eigenvalue weighted by molar-refractivity contribution is 0.0402. The van der Waals surface area contributed by atoms with E-state index in [4.69, 9.17) is 0 Å². The van der Waals surface area contributed by atoms with E-state index in [0.717, 1.165) is 5.56 Å². The molecule has 0 saturated heterocycles. The number of rotatable bonds is 6. The van der Waals surface area contributed by atoms with Gasteiger partial charge in [0.05, 0.1) is 13.2 Å². The Balaban J connectivity index is 2.58. The number of hydrogen-bond donors (Lipinski definition) is 3. The van der Waals surface area contributed by atoms with E-state index in [2.05, 4.69) is 0 Å². The van der Waals surface area contributed by atoms with Crippen molar-refractivity contribution in [3.05, 3.63) is 29.8 Å². The van der Waals surface area contributed by atoms with E-state index < -0.39 is 5.41 Å². The molecule has 0 aliphatic carbocycles. The summed E-state index contributed by atoms with van der Waals surface area (Å²) in [5.74, 6) is 0.253. The van der Waals surface area contributed by atoms with Gasteiger partial charge >= 0.3 is 0 Å². The Bertz CT molecular complexity index is 350. The molecular formula is C13H21NO3. The highest BCUT2D eigenvalue weighted by atomic mass is 16.3. The van der Waals surface area contributed by atoms with E-state index in [-0.39, 0.29) is 19.0 Å². The molecule has 1 rings (SSSR count). The number of benzene rings is 1. The van der Waals surface area contributed by atoms with Gasteiger partial charge in [0.15, 0.2) is 0 Å². The predicted octanol–water partition coefficient (Wildman–Crippen LogP) is 0.815. The largest absolute Gasteiger partial charge is 0.508 e. The Kier molecular flexibility index (Phi) is 4.93. The molecule has 0 bridgehead atoms. The van der Waals surface area contributed by atoms with Gasteiger partial charge in [0.1, 0.15) is 5.75 Å². The van der Waals surface area contributed by atoms with Crippen molar-refractivity contribution in [1.82, 2.24) is 4.90 Å². The van der Waals surface area contributed by atoms with Crippen LogP contribution in [0, 0.1) is 5.41 Å². The average Bonchev–Trinajstić information content (AvgIpc) is 2.28. The fourth-order valence-electron chi connectivity index (χ4n) is 1.82. The van der Waals surface area contributed by atoms with Crippen LogP contribution in [0.1, 0.15) is 12.5 Å². The van der Waals surface area contributed by atoms with E-state index in [0.29, 0.717) is 13.1 Å². The number of nitrogens with zero attached hydrogens (tertiary/aromatic N) is 1. The zero-order valence-corrected chi connectivity index (χ0v) is 10.4. The van der Waals surface area contributed by atoms with Gasteiger partial charge in [-0.15, -0.1) is 0 Å². The molecule has 0 spiro atoms. The van der Waals surface area contributed by atoms with Crippen LogP contribution in [0.4, 0.5) is 0 Å². The molecule has 4 nitrogen and oxygen atoms in total. The molecule has 0 amide bonds. The minimum absolute atomic E-state index is 0.0477. The van der Waals surface area contributed by atoms with Crippen LogP contribution in [0.5, 0.6) is 5.75 Å². The monoisotopic (exact) mass is 239 g/mol. The summed E-state index contributed by atoms with van der Waals surface area (Å²) in [5, 5.41) is 27.8. The number of hydrogen-bond acceptors (Lipinski definition) is 4. The van der Waals surface area contributed by atoms with Gasteiger partial charge in [-0.25, -0.2) is 0 Å². The quantitative estimate of drug-likeness (QED) is 0.687. The van der Waals surface area contributed by atoms with Crippen LogP contribution in [0.25, 0.3) is 0 Å². The van der Waals surface area contributed by atoms with Crippen LogP contribution < -0.4 is 0 Å². The summed E-state index contributed by atoms with van der Waals surface area (Å²) in [6.45, 7) is 3.01. The van der Waals surface area contributed by atoms with Crippen LogP contribution >= 0.6 is 0 Å². The van der Waals surface area contributed by atoms with Gasteiger partial charge in [-0.05, 0) is 24.7 Å². The van der Waals surface area contributed by atoms with Crippen molar-refractivity contribution >= 4 is 0 Å². The molecule has 0 atom stereocenters. The van der Waals surface area contributed by atoms with Gasteiger partial charge in [-0.2, -0.15) is 0 Å². The standard InChI is InChI=1S/C13H21NO3/c1-13(9-15,10-16)8-14(2)7-11-4-3-5-12(17)6-11/h3-6,15-17H,7-10H2,1-2H3. The SMILES string of the molecule is CN(Cc1cccc(O)c1)CC(C)(CO)CO. The van der Waals surface area contributed by atoms with Crippen LogP contribution in [0.3, 0.4) is 0 Å². The molecule has 0 radical (unpaired) electrons. The zero-order valence-electron chi connectivity index (χ0n) is 10.4. The van der Waals surface area contributed by atoms with Crippen LogP contribution in [0.2, 0.25) is 0 Å². The topological polar surface area (TPSA) is 63.9 Å². The van der Waals surface area contributed by atoms with Gasteiger partial charge in [0, 0.05) is 18.5 Å². The second-order valence-electron chi connectivity index (χ2n) is 4.97. The van der Waals surface area contributed by atoms with E-state index in [1.165, 1.54) is 0 Å². The molecule has 0 aliphatic rings. The Morgan fingerprint density at radius 1 is 1.24 bits per heavy atom. The van der Waals surface area contributed by atoms with Gasteiger partial charge < -0.3 is 20.2 Å². The van der Waals surface area contributed by atoms with Gasteiger partial charge in [0.25, 0.3) is 0 Å². The molecule has 17 heavy (non-hydrogen) atoms. The zero-order chi connectivity index (χ0) is 12.9. The number of aliphatic hydroxyl groups is 2. The summed E-state index contributed by atoms with van der Waals surface area (Å²) in [4.78, 5) is 2.02. The molecule has 0 aliphatic heterocycles. The maximum absolute atomic E-state index is 9.35. The first-order valence-corrected chi connectivity index (χ1v) is 5.67. The molecule has 0 unspecified atom stereocenters. The van der Waals surface area contributed by atoms with Crippen LogP contribution in [0.15, 0.2) is 24.3 Å². The smallest absolute Gasteiger partial charge is 0.115 e. The van der Waals surface area contributed by atoms with Crippen LogP contribution in [-0.2, 0) is 6.54 Å². The average molecular weight is 239 g/mol. The minimum atomic E-state index is -0.494. The number of phenolic OH excluding ortho intramolecular Hbond substituents is 1. The summed E-state index contributed by atoms with van der Waals surface area (Å²) >= 11 is 0. The normalized spacial score (nSPS) is 12.1. The first-order chi connectivity index (χ1) is 7.99. The van der Waals surface area contributed by atoms with Gasteiger partial charge in [0.2, 0.25) is 0 Å². The highest BCUT2D eigenvalue weighted by Crippen LogP contribution is 2.18. The molecule has 0 fully saturated rings. The summed E-state index contributed by atoms with van der Waals surface area (Å²) < 4.78 is 0. The lowest BCUT2D eigenvalue weighted by Crippen LogP contribution is -2.38. The Morgan fingerprint density at radius 2 is 1.88 bits per heavy atom. The minimum Gasteiger partial charge on any atom is -0.508 e. The molecule has 4 heteroatoms. The maximum Gasteiger partial charge on any atom is 0.115 e. The molecule has 3 N–H and O–H groups in total.